The highest BCUT2D eigenvalue weighted by Crippen LogP contribution is 2.28. The first-order valence-electron chi connectivity index (χ1n) is 11.1. The normalized spacial score (nSPS) is 14.0. The van der Waals surface area contributed by atoms with E-state index in [4.69, 9.17) is 14.2 Å². The van der Waals surface area contributed by atoms with Crippen molar-refractivity contribution in [1.82, 2.24) is 10.2 Å². The predicted molar refractivity (Wildman–Crippen MR) is 123 cm³/mol. The summed E-state index contributed by atoms with van der Waals surface area (Å²) in [5, 5.41) is 3.11. The van der Waals surface area contributed by atoms with Crippen LogP contribution in [0, 0.1) is 0 Å². The maximum absolute atomic E-state index is 12.7. The van der Waals surface area contributed by atoms with Crippen molar-refractivity contribution in [3.8, 4) is 17.2 Å². The summed E-state index contributed by atoms with van der Waals surface area (Å²) in [6.07, 6.45) is 2.54. The van der Waals surface area contributed by atoms with Crippen LogP contribution in [0.15, 0.2) is 42.5 Å². The van der Waals surface area contributed by atoms with Gasteiger partial charge in [-0.05, 0) is 68.1 Å². The summed E-state index contributed by atoms with van der Waals surface area (Å²) < 4.78 is 16.0. The maximum Gasteiger partial charge on any atom is 0.253 e. The van der Waals surface area contributed by atoms with Gasteiger partial charge in [-0.25, -0.2) is 0 Å². The van der Waals surface area contributed by atoms with Gasteiger partial charge in [-0.3, -0.25) is 9.59 Å². The zero-order valence-corrected chi connectivity index (χ0v) is 19.1. The Bertz CT molecular complexity index is 905. The second-order valence-electron chi connectivity index (χ2n) is 7.78. The number of carbonyl (C=O) groups excluding carboxylic acids is 2. The number of amides is 2. The minimum Gasteiger partial charge on any atom is -0.494 e. The molecule has 0 saturated carbocycles. The van der Waals surface area contributed by atoms with Crippen molar-refractivity contribution in [1.29, 1.82) is 0 Å². The van der Waals surface area contributed by atoms with E-state index in [-0.39, 0.29) is 17.9 Å². The summed E-state index contributed by atoms with van der Waals surface area (Å²) in [4.78, 5) is 27.0. The molecule has 0 aromatic heterocycles. The van der Waals surface area contributed by atoms with E-state index in [1.807, 2.05) is 42.2 Å². The smallest absolute Gasteiger partial charge is 0.253 e. The number of carbonyl (C=O) groups is 2. The average Bonchev–Trinajstić information content (AvgIpc) is 2.83. The van der Waals surface area contributed by atoms with Crippen LogP contribution >= 0.6 is 0 Å². The molecule has 0 unspecified atom stereocenters. The Hall–Kier alpha value is -3.22. The molecule has 172 valence electrons. The molecule has 7 heteroatoms. The van der Waals surface area contributed by atoms with Crippen molar-refractivity contribution < 1.29 is 23.8 Å². The number of ether oxygens (including phenoxy) is 3. The first-order chi connectivity index (χ1) is 15.5. The van der Waals surface area contributed by atoms with Crippen LogP contribution in [-0.4, -0.2) is 56.7 Å². The third kappa shape index (κ3) is 6.15. The van der Waals surface area contributed by atoms with Gasteiger partial charge in [-0.2, -0.15) is 0 Å². The van der Waals surface area contributed by atoms with Crippen LogP contribution in [0.5, 0.6) is 17.2 Å². The highest BCUT2D eigenvalue weighted by Gasteiger charge is 2.24. The summed E-state index contributed by atoms with van der Waals surface area (Å²) >= 11 is 0. The van der Waals surface area contributed by atoms with E-state index in [9.17, 15) is 9.59 Å². The molecule has 2 aromatic rings. The molecule has 3 rings (SSSR count). The minimum atomic E-state index is 0.0197. The Labute approximate surface area is 189 Å². The number of hydrogen-bond acceptors (Lipinski definition) is 5. The summed E-state index contributed by atoms with van der Waals surface area (Å²) in [7, 11) is 3.20. The van der Waals surface area contributed by atoms with Crippen molar-refractivity contribution in [3.05, 3.63) is 53.6 Å². The van der Waals surface area contributed by atoms with Gasteiger partial charge in [0, 0.05) is 31.1 Å². The van der Waals surface area contributed by atoms with Crippen LogP contribution < -0.4 is 19.5 Å². The van der Waals surface area contributed by atoms with Gasteiger partial charge < -0.3 is 24.4 Å². The molecule has 1 heterocycles. The molecule has 0 spiro atoms. The van der Waals surface area contributed by atoms with Crippen LogP contribution in [0.2, 0.25) is 0 Å². The Morgan fingerprint density at radius 1 is 1.00 bits per heavy atom. The van der Waals surface area contributed by atoms with Crippen LogP contribution in [0.25, 0.3) is 0 Å². The van der Waals surface area contributed by atoms with E-state index in [1.165, 1.54) is 0 Å². The molecule has 0 aliphatic carbocycles. The molecule has 7 nitrogen and oxygen atoms in total. The molecule has 1 aliphatic heterocycles. The zero-order chi connectivity index (χ0) is 22.9. The SMILES string of the molecule is CCOc1ccc(C(=O)N2CCC(NC(=O)CCc3ccc(OC)c(OC)c3)CC2)cc1. The number of aryl methyl sites for hydroxylation is 1. The fourth-order valence-corrected chi connectivity index (χ4v) is 3.86. The van der Waals surface area contributed by atoms with E-state index in [0.717, 1.165) is 24.2 Å². The number of piperidine rings is 1. The zero-order valence-electron chi connectivity index (χ0n) is 19.1. The molecule has 2 amide bonds. The van der Waals surface area contributed by atoms with E-state index < -0.39 is 0 Å². The van der Waals surface area contributed by atoms with Crippen molar-refractivity contribution >= 4 is 11.8 Å². The first kappa shape index (κ1) is 23.4. The molecule has 1 fully saturated rings. The van der Waals surface area contributed by atoms with Gasteiger partial charge in [-0.15, -0.1) is 0 Å². The van der Waals surface area contributed by atoms with E-state index in [0.29, 0.717) is 49.6 Å². The Kier molecular flexibility index (Phi) is 8.36. The van der Waals surface area contributed by atoms with Gasteiger partial charge in [0.25, 0.3) is 5.91 Å². The molecule has 0 bridgehead atoms. The molecular weight excluding hydrogens is 408 g/mol. The maximum atomic E-state index is 12.7. The quantitative estimate of drug-likeness (QED) is 0.646. The largest absolute Gasteiger partial charge is 0.494 e. The van der Waals surface area contributed by atoms with E-state index in [2.05, 4.69) is 5.32 Å². The predicted octanol–water partition coefficient (Wildman–Crippen LogP) is 3.46. The lowest BCUT2D eigenvalue weighted by Crippen LogP contribution is -2.46. The van der Waals surface area contributed by atoms with Gasteiger partial charge in [-0.1, -0.05) is 6.07 Å². The second-order valence-corrected chi connectivity index (χ2v) is 7.78. The summed E-state index contributed by atoms with van der Waals surface area (Å²) in [5.41, 5.74) is 1.68. The molecular formula is C25H32N2O5. The molecule has 0 atom stereocenters. The van der Waals surface area contributed by atoms with Crippen molar-refractivity contribution in [2.75, 3.05) is 33.9 Å². The van der Waals surface area contributed by atoms with E-state index in [1.54, 1.807) is 26.4 Å². The van der Waals surface area contributed by atoms with Crippen molar-refractivity contribution in [3.63, 3.8) is 0 Å². The second kappa shape index (κ2) is 11.4. The number of hydrogen-bond donors (Lipinski definition) is 1. The molecule has 1 aliphatic rings. The van der Waals surface area contributed by atoms with Gasteiger partial charge >= 0.3 is 0 Å². The number of nitrogens with zero attached hydrogens (tertiary/aromatic N) is 1. The first-order valence-corrected chi connectivity index (χ1v) is 11.1. The number of benzene rings is 2. The minimum absolute atomic E-state index is 0.0197. The van der Waals surface area contributed by atoms with Crippen LogP contribution in [0.3, 0.4) is 0 Å². The third-order valence-electron chi connectivity index (χ3n) is 5.65. The Balaban J connectivity index is 1.43. The topological polar surface area (TPSA) is 77.1 Å². The summed E-state index contributed by atoms with van der Waals surface area (Å²) in [6, 6.07) is 13.0. The lowest BCUT2D eigenvalue weighted by Gasteiger charge is -2.32. The number of likely N-dealkylation sites (tertiary alicyclic amines) is 1. The number of methoxy groups -OCH3 is 2. The fourth-order valence-electron chi connectivity index (χ4n) is 3.86. The highest BCUT2D eigenvalue weighted by molar-refractivity contribution is 5.94. The number of rotatable bonds is 9. The summed E-state index contributed by atoms with van der Waals surface area (Å²) in [6.45, 7) is 3.79. The van der Waals surface area contributed by atoms with Crippen LogP contribution in [0.4, 0.5) is 0 Å². The van der Waals surface area contributed by atoms with Crippen molar-refractivity contribution in [2.45, 2.75) is 38.6 Å². The van der Waals surface area contributed by atoms with Gasteiger partial charge in [0.2, 0.25) is 5.91 Å². The lowest BCUT2D eigenvalue weighted by atomic mass is 10.0. The lowest BCUT2D eigenvalue weighted by molar-refractivity contribution is -0.122. The fraction of sp³-hybridized carbons (Fsp3) is 0.440. The van der Waals surface area contributed by atoms with Gasteiger partial charge in [0.05, 0.1) is 20.8 Å². The van der Waals surface area contributed by atoms with Crippen LogP contribution in [0.1, 0.15) is 42.1 Å². The molecule has 1 N–H and O–H groups in total. The monoisotopic (exact) mass is 440 g/mol. The molecule has 2 aromatic carbocycles. The average molecular weight is 441 g/mol. The standard InChI is InChI=1S/C25H32N2O5/c1-4-32-21-9-7-19(8-10-21)25(29)27-15-13-20(14-16-27)26-24(28)12-6-18-5-11-22(30-2)23(17-18)31-3/h5,7-11,17,20H,4,6,12-16H2,1-3H3,(H,26,28). The van der Waals surface area contributed by atoms with Gasteiger partial charge in [0.15, 0.2) is 11.5 Å². The number of nitrogens with one attached hydrogen (secondary N) is 1. The molecule has 32 heavy (non-hydrogen) atoms. The van der Waals surface area contributed by atoms with Crippen LogP contribution in [-0.2, 0) is 11.2 Å². The van der Waals surface area contributed by atoms with E-state index >= 15 is 0 Å². The van der Waals surface area contributed by atoms with Gasteiger partial charge in [0.1, 0.15) is 5.75 Å². The summed E-state index contributed by atoms with van der Waals surface area (Å²) in [5.74, 6) is 2.14. The van der Waals surface area contributed by atoms with Crippen molar-refractivity contribution in [2.24, 2.45) is 0 Å². The molecule has 0 radical (unpaired) electrons. The molecule has 1 saturated heterocycles. The Morgan fingerprint density at radius 3 is 2.31 bits per heavy atom. The highest BCUT2D eigenvalue weighted by atomic mass is 16.5. The Morgan fingerprint density at radius 2 is 1.69 bits per heavy atom. The third-order valence-corrected chi connectivity index (χ3v) is 5.65.